The minimum Gasteiger partial charge on any atom is -0.473 e. The predicted octanol–water partition coefficient (Wildman–Crippen LogP) is 1.08. The highest BCUT2D eigenvalue weighted by molar-refractivity contribution is 7.89. The number of fused-ring (bicyclic) bond motifs is 1. The van der Waals surface area contributed by atoms with Gasteiger partial charge in [0.25, 0.3) is 0 Å². The van der Waals surface area contributed by atoms with Crippen molar-refractivity contribution in [1.82, 2.24) is 9.21 Å². The summed E-state index contributed by atoms with van der Waals surface area (Å²) in [6.07, 6.45) is 0. The van der Waals surface area contributed by atoms with Crippen LogP contribution >= 0.6 is 0 Å². The van der Waals surface area contributed by atoms with E-state index in [1.54, 1.807) is 28.6 Å². The van der Waals surface area contributed by atoms with Crippen molar-refractivity contribution >= 4 is 22.0 Å². The molecule has 31 heavy (non-hydrogen) atoms. The summed E-state index contributed by atoms with van der Waals surface area (Å²) in [4.78, 5) is 20.8. The fraction of sp³-hybridized carbons (Fsp3) is 0.300. The van der Waals surface area contributed by atoms with Gasteiger partial charge in [-0.1, -0.05) is 24.3 Å². The molecule has 0 unspecified atom stereocenters. The maximum absolute atomic E-state index is 12.7. The minimum absolute atomic E-state index is 0.273. The highest BCUT2D eigenvalue weighted by Crippen LogP contribution is 2.33. The van der Waals surface area contributed by atoms with Gasteiger partial charge < -0.3 is 19.7 Å². The topological polar surface area (TPSA) is 134 Å². The Balaban J connectivity index is 0.000000401. The molecule has 0 bridgehead atoms. The summed E-state index contributed by atoms with van der Waals surface area (Å²) < 4.78 is 37.6. The van der Waals surface area contributed by atoms with Gasteiger partial charge in [-0.3, -0.25) is 4.90 Å². The quantitative estimate of drug-likeness (QED) is 0.656. The number of carboxylic acids is 2. The van der Waals surface area contributed by atoms with E-state index in [9.17, 15) is 8.42 Å². The van der Waals surface area contributed by atoms with Gasteiger partial charge in [-0.25, -0.2) is 18.0 Å². The summed E-state index contributed by atoms with van der Waals surface area (Å²) in [7, 11) is -3.40. The molecule has 10 nitrogen and oxygen atoms in total. The molecule has 2 aliphatic rings. The summed E-state index contributed by atoms with van der Waals surface area (Å²) >= 11 is 0. The average Bonchev–Trinajstić information content (AvgIpc) is 3.23. The largest absolute Gasteiger partial charge is 0.473 e. The molecule has 0 saturated carbocycles. The lowest BCUT2D eigenvalue weighted by atomic mass is 10.2. The van der Waals surface area contributed by atoms with E-state index in [1.165, 1.54) is 0 Å². The monoisotopic (exact) mass is 450 g/mol. The molecule has 2 aromatic rings. The van der Waals surface area contributed by atoms with Crippen molar-refractivity contribution < 1.29 is 37.7 Å². The van der Waals surface area contributed by atoms with Crippen LogP contribution in [-0.4, -0.2) is 72.7 Å². The first-order valence-electron chi connectivity index (χ1n) is 9.39. The number of nitrogens with zero attached hydrogens (tertiary/aromatic N) is 2. The van der Waals surface area contributed by atoms with Crippen LogP contribution in [-0.2, 0) is 26.2 Å². The minimum atomic E-state index is -3.40. The van der Waals surface area contributed by atoms with E-state index in [2.05, 4.69) is 4.90 Å². The lowest BCUT2D eigenvalue weighted by Crippen LogP contribution is -2.48. The van der Waals surface area contributed by atoms with Gasteiger partial charge in [-0.15, -0.1) is 0 Å². The smallest absolute Gasteiger partial charge is 0.414 e. The van der Waals surface area contributed by atoms with Gasteiger partial charge in [0.1, 0.15) is 0 Å². The van der Waals surface area contributed by atoms with E-state index < -0.39 is 22.0 Å². The van der Waals surface area contributed by atoms with Crippen molar-refractivity contribution in [3.63, 3.8) is 0 Å². The number of aliphatic carboxylic acids is 2. The van der Waals surface area contributed by atoms with Gasteiger partial charge in [0.2, 0.25) is 16.8 Å². The second-order valence-electron chi connectivity index (χ2n) is 6.79. The van der Waals surface area contributed by atoms with Crippen LogP contribution in [0.3, 0.4) is 0 Å². The van der Waals surface area contributed by atoms with Gasteiger partial charge in [0.15, 0.2) is 11.5 Å². The van der Waals surface area contributed by atoms with E-state index in [0.717, 1.165) is 23.6 Å². The Morgan fingerprint density at radius 3 is 2.10 bits per heavy atom. The first-order valence-corrected chi connectivity index (χ1v) is 10.8. The molecule has 1 fully saturated rings. The van der Waals surface area contributed by atoms with Crippen LogP contribution in [0.1, 0.15) is 5.56 Å². The van der Waals surface area contributed by atoms with Crippen molar-refractivity contribution in [3.05, 3.63) is 54.1 Å². The van der Waals surface area contributed by atoms with E-state index in [1.807, 2.05) is 24.3 Å². The maximum Gasteiger partial charge on any atom is 0.414 e. The number of piperazine rings is 1. The van der Waals surface area contributed by atoms with Crippen LogP contribution in [0, 0.1) is 0 Å². The van der Waals surface area contributed by atoms with Gasteiger partial charge in [-0.2, -0.15) is 4.31 Å². The normalized spacial score (nSPS) is 16.3. The number of hydrogen-bond donors (Lipinski definition) is 2. The third-order valence-electron chi connectivity index (χ3n) is 4.74. The summed E-state index contributed by atoms with van der Waals surface area (Å²) in [5.74, 6) is -2.09. The number of hydrogen-bond acceptors (Lipinski definition) is 7. The van der Waals surface area contributed by atoms with E-state index in [4.69, 9.17) is 29.3 Å². The van der Waals surface area contributed by atoms with Crippen LogP contribution in [0.5, 0.6) is 11.5 Å². The molecule has 0 aromatic heterocycles. The second-order valence-corrected chi connectivity index (χ2v) is 8.73. The second kappa shape index (κ2) is 9.77. The number of carbonyl (C=O) groups is 2. The highest BCUT2D eigenvalue weighted by atomic mass is 32.2. The van der Waals surface area contributed by atoms with Crippen LogP contribution in [0.2, 0.25) is 0 Å². The molecule has 11 heteroatoms. The Morgan fingerprint density at radius 2 is 1.48 bits per heavy atom. The Hall–Kier alpha value is -3.15. The Morgan fingerprint density at radius 1 is 0.871 bits per heavy atom. The third kappa shape index (κ3) is 5.72. The van der Waals surface area contributed by atoms with Gasteiger partial charge >= 0.3 is 11.9 Å². The molecule has 0 atom stereocenters. The SMILES string of the molecule is O=C(O)C(=O)O.O=S(=O)(c1ccccc1)N1CCN(Cc2ccc3c(c2)OCO3)CC1. The third-order valence-corrected chi connectivity index (χ3v) is 6.65. The van der Waals surface area contributed by atoms with E-state index in [-0.39, 0.29) is 6.79 Å². The summed E-state index contributed by atoms with van der Waals surface area (Å²) in [6.45, 7) is 3.47. The molecule has 0 amide bonds. The van der Waals surface area contributed by atoms with Crippen molar-refractivity contribution in [2.45, 2.75) is 11.4 Å². The van der Waals surface area contributed by atoms with Crippen molar-refractivity contribution in [2.75, 3.05) is 33.0 Å². The van der Waals surface area contributed by atoms with Crippen LogP contribution < -0.4 is 9.47 Å². The lowest BCUT2D eigenvalue weighted by Gasteiger charge is -2.34. The van der Waals surface area contributed by atoms with Crippen molar-refractivity contribution in [3.8, 4) is 11.5 Å². The van der Waals surface area contributed by atoms with Gasteiger partial charge in [0, 0.05) is 32.7 Å². The molecule has 166 valence electrons. The molecule has 4 rings (SSSR count). The zero-order valence-electron chi connectivity index (χ0n) is 16.5. The molecule has 2 heterocycles. The molecule has 0 spiro atoms. The molecule has 0 radical (unpaired) electrons. The molecule has 1 saturated heterocycles. The fourth-order valence-corrected chi connectivity index (χ4v) is 4.61. The first kappa shape index (κ1) is 22.5. The number of sulfonamides is 1. The molecule has 0 aliphatic carbocycles. The lowest BCUT2D eigenvalue weighted by molar-refractivity contribution is -0.159. The van der Waals surface area contributed by atoms with Crippen molar-refractivity contribution in [1.29, 1.82) is 0 Å². The summed E-state index contributed by atoms with van der Waals surface area (Å²) in [5.41, 5.74) is 1.14. The molecule has 2 N–H and O–H groups in total. The first-order chi connectivity index (χ1) is 14.8. The van der Waals surface area contributed by atoms with Gasteiger partial charge in [0.05, 0.1) is 4.90 Å². The van der Waals surface area contributed by atoms with Gasteiger partial charge in [-0.05, 0) is 29.8 Å². The zero-order valence-corrected chi connectivity index (χ0v) is 17.3. The number of carboxylic acid groups (broad SMARTS) is 2. The Labute approximate surface area is 179 Å². The summed E-state index contributed by atoms with van der Waals surface area (Å²) in [5, 5.41) is 14.8. The van der Waals surface area contributed by atoms with Crippen LogP contribution in [0.25, 0.3) is 0 Å². The molecule has 2 aromatic carbocycles. The standard InChI is InChI=1S/C18H20N2O4S.C2H2O4/c21-25(22,16-4-2-1-3-5-16)20-10-8-19(9-11-20)13-15-6-7-17-18(12-15)24-14-23-17;3-1(4)2(5)6/h1-7,12H,8-11,13-14H2;(H,3,4)(H,5,6). The zero-order chi connectivity index (χ0) is 22.4. The molecule has 2 aliphatic heterocycles. The van der Waals surface area contributed by atoms with E-state index in [0.29, 0.717) is 31.1 Å². The van der Waals surface area contributed by atoms with Crippen LogP contribution in [0.4, 0.5) is 0 Å². The number of rotatable bonds is 4. The number of ether oxygens (including phenoxy) is 2. The summed E-state index contributed by atoms with van der Waals surface area (Å²) in [6, 6.07) is 14.6. The predicted molar refractivity (Wildman–Crippen MR) is 108 cm³/mol. The average molecular weight is 450 g/mol. The maximum atomic E-state index is 12.7. The molecular formula is C20H22N2O8S. The van der Waals surface area contributed by atoms with Crippen molar-refractivity contribution in [2.24, 2.45) is 0 Å². The number of benzene rings is 2. The molecular weight excluding hydrogens is 428 g/mol. The van der Waals surface area contributed by atoms with E-state index >= 15 is 0 Å². The highest BCUT2D eigenvalue weighted by Gasteiger charge is 2.28. The van der Waals surface area contributed by atoms with Crippen LogP contribution in [0.15, 0.2) is 53.4 Å². The Bertz CT molecular complexity index is 1020. The fourth-order valence-electron chi connectivity index (χ4n) is 3.17. The Kier molecular flexibility index (Phi) is 7.10.